The molecule has 0 aromatic carbocycles. The third-order valence-corrected chi connectivity index (χ3v) is 2.70. The lowest BCUT2D eigenvalue weighted by Gasteiger charge is -2.20. The van der Waals surface area contributed by atoms with Crippen LogP contribution in [0.25, 0.3) is 0 Å². The first-order valence-electron chi connectivity index (χ1n) is 8.59. The summed E-state index contributed by atoms with van der Waals surface area (Å²) in [4.78, 5) is 0. The Bertz CT molecular complexity index is 244. The van der Waals surface area contributed by atoms with Gasteiger partial charge in [-0.15, -0.1) is 0 Å². The minimum atomic E-state index is 0.141. The molecule has 0 bridgehead atoms. The lowest BCUT2D eigenvalue weighted by Crippen LogP contribution is -2.38. The van der Waals surface area contributed by atoms with Gasteiger partial charge >= 0.3 is 0 Å². The first kappa shape index (κ1) is 22.8. The zero-order chi connectivity index (χ0) is 17.4. The van der Waals surface area contributed by atoms with E-state index in [9.17, 15) is 0 Å². The number of nitrogens with one attached hydrogen (secondary N) is 1. The fraction of sp³-hybridized carbons (Fsp3) is 1.00. The molecular formula is C17H37NO5. The second-order valence-electron chi connectivity index (χ2n) is 6.55. The first-order chi connectivity index (χ1) is 10.9. The predicted molar refractivity (Wildman–Crippen MR) is 92.1 cm³/mol. The maximum Gasteiger partial charge on any atom is 0.0703 e. The zero-order valence-electron chi connectivity index (χ0n) is 15.7. The average Bonchev–Trinajstić information content (AvgIpc) is 2.45. The van der Waals surface area contributed by atoms with Crippen molar-refractivity contribution in [3.63, 3.8) is 0 Å². The topological polar surface area (TPSA) is 58.2 Å². The van der Waals surface area contributed by atoms with Gasteiger partial charge in [0.15, 0.2) is 0 Å². The van der Waals surface area contributed by atoms with Crippen molar-refractivity contribution in [1.82, 2.24) is 5.32 Å². The van der Waals surface area contributed by atoms with E-state index in [1.54, 1.807) is 0 Å². The van der Waals surface area contributed by atoms with Crippen LogP contribution in [-0.4, -0.2) is 77.6 Å². The molecule has 0 fully saturated rings. The fourth-order valence-electron chi connectivity index (χ4n) is 1.60. The molecule has 1 N–H and O–H groups in total. The van der Waals surface area contributed by atoms with E-state index >= 15 is 0 Å². The maximum atomic E-state index is 5.47. The standard InChI is InChI=1S/C17H37NO5/c1-16(2)23-15-14-22-13-12-21-11-10-20-9-8-19-7-6-18-17(3,4)5/h16,18H,6-15H2,1-5H3. The molecule has 0 heterocycles. The predicted octanol–water partition coefficient (Wildman–Crippen LogP) is 1.87. The Morgan fingerprint density at radius 2 is 1.04 bits per heavy atom. The molecule has 0 aliphatic heterocycles. The van der Waals surface area contributed by atoms with Crippen LogP contribution in [0.2, 0.25) is 0 Å². The molecule has 0 unspecified atom stereocenters. The first-order valence-corrected chi connectivity index (χ1v) is 8.59. The third-order valence-electron chi connectivity index (χ3n) is 2.70. The van der Waals surface area contributed by atoms with E-state index in [1.165, 1.54) is 0 Å². The van der Waals surface area contributed by atoms with Crippen LogP contribution in [0.5, 0.6) is 0 Å². The van der Waals surface area contributed by atoms with Gasteiger partial charge in [0.2, 0.25) is 0 Å². The summed E-state index contributed by atoms with van der Waals surface area (Å²) in [6.07, 6.45) is 0.255. The molecule has 0 amide bonds. The second kappa shape index (κ2) is 15.3. The van der Waals surface area contributed by atoms with Crippen LogP contribution in [0.3, 0.4) is 0 Å². The molecule has 6 heteroatoms. The molecule has 0 atom stereocenters. The summed E-state index contributed by atoms with van der Waals surface area (Å²) in [5.74, 6) is 0. The Balaban J connectivity index is 3.03. The average molecular weight is 335 g/mol. The van der Waals surface area contributed by atoms with Crippen molar-refractivity contribution >= 4 is 0 Å². The van der Waals surface area contributed by atoms with Gasteiger partial charge in [-0.25, -0.2) is 0 Å². The summed E-state index contributed by atoms with van der Waals surface area (Å²) in [5.41, 5.74) is 0.141. The summed E-state index contributed by atoms with van der Waals surface area (Å²) in [7, 11) is 0. The fourth-order valence-corrected chi connectivity index (χ4v) is 1.60. The molecule has 6 nitrogen and oxygen atoms in total. The minimum absolute atomic E-state index is 0.141. The highest BCUT2D eigenvalue weighted by molar-refractivity contribution is 4.69. The highest BCUT2D eigenvalue weighted by atomic mass is 16.6. The van der Waals surface area contributed by atoms with E-state index in [4.69, 9.17) is 23.7 Å². The summed E-state index contributed by atoms with van der Waals surface area (Å²) in [5, 5.41) is 3.37. The van der Waals surface area contributed by atoms with Gasteiger partial charge in [0.1, 0.15) is 0 Å². The molecule has 0 saturated carbocycles. The van der Waals surface area contributed by atoms with Crippen molar-refractivity contribution in [1.29, 1.82) is 0 Å². The molecule has 0 aliphatic rings. The Kier molecular flexibility index (Phi) is 15.1. The normalized spacial score (nSPS) is 12.3. The molecule has 0 radical (unpaired) electrons. The molecular weight excluding hydrogens is 298 g/mol. The highest BCUT2D eigenvalue weighted by Crippen LogP contribution is 1.96. The molecule has 140 valence electrons. The minimum Gasteiger partial charge on any atom is -0.378 e. The maximum absolute atomic E-state index is 5.47. The van der Waals surface area contributed by atoms with E-state index < -0.39 is 0 Å². The molecule has 0 saturated heterocycles. The number of hydrogen-bond donors (Lipinski definition) is 1. The molecule has 0 rings (SSSR count). The van der Waals surface area contributed by atoms with Gasteiger partial charge in [-0.3, -0.25) is 0 Å². The summed E-state index contributed by atoms with van der Waals surface area (Å²) < 4.78 is 27.0. The number of ether oxygens (including phenoxy) is 5. The van der Waals surface area contributed by atoms with Gasteiger partial charge in [-0.05, 0) is 34.6 Å². The van der Waals surface area contributed by atoms with Crippen molar-refractivity contribution in [3.05, 3.63) is 0 Å². The number of hydrogen-bond acceptors (Lipinski definition) is 6. The SMILES string of the molecule is CC(C)OCCOCCOCCOCCOCCNC(C)(C)C. The third kappa shape index (κ3) is 21.8. The van der Waals surface area contributed by atoms with Gasteiger partial charge < -0.3 is 29.0 Å². The monoisotopic (exact) mass is 335 g/mol. The Hall–Kier alpha value is -0.240. The van der Waals surface area contributed by atoms with Crippen LogP contribution in [0.1, 0.15) is 34.6 Å². The van der Waals surface area contributed by atoms with Gasteiger partial charge in [0, 0.05) is 12.1 Å². The Labute approximate surface area is 142 Å². The quantitative estimate of drug-likeness (QED) is 0.435. The van der Waals surface area contributed by atoms with Crippen molar-refractivity contribution in [3.8, 4) is 0 Å². The van der Waals surface area contributed by atoms with Crippen molar-refractivity contribution < 1.29 is 23.7 Å². The lowest BCUT2D eigenvalue weighted by atomic mass is 10.1. The zero-order valence-corrected chi connectivity index (χ0v) is 15.7. The smallest absolute Gasteiger partial charge is 0.0703 e. The van der Waals surface area contributed by atoms with Crippen LogP contribution in [-0.2, 0) is 23.7 Å². The van der Waals surface area contributed by atoms with Crippen LogP contribution < -0.4 is 5.32 Å². The van der Waals surface area contributed by atoms with E-state index in [0.29, 0.717) is 59.5 Å². The van der Waals surface area contributed by atoms with Gasteiger partial charge in [-0.1, -0.05) is 0 Å². The number of rotatable bonds is 16. The van der Waals surface area contributed by atoms with E-state index in [2.05, 4.69) is 26.1 Å². The van der Waals surface area contributed by atoms with Crippen LogP contribution >= 0.6 is 0 Å². The van der Waals surface area contributed by atoms with Gasteiger partial charge in [0.25, 0.3) is 0 Å². The van der Waals surface area contributed by atoms with E-state index in [1.807, 2.05) is 13.8 Å². The largest absolute Gasteiger partial charge is 0.378 e. The highest BCUT2D eigenvalue weighted by Gasteiger charge is 2.06. The molecule has 0 aromatic heterocycles. The Morgan fingerprint density at radius 1 is 0.652 bits per heavy atom. The second-order valence-corrected chi connectivity index (χ2v) is 6.55. The van der Waals surface area contributed by atoms with Crippen LogP contribution in [0.4, 0.5) is 0 Å². The van der Waals surface area contributed by atoms with Crippen molar-refractivity contribution in [2.45, 2.75) is 46.3 Å². The van der Waals surface area contributed by atoms with Gasteiger partial charge in [-0.2, -0.15) is 0 Å². The van der Waals surface area contributed by atoms with Crippen molar-refractivity contribution in [2.24, 2.45) is 0 Å². The van der Waals surface area contributed by atoms with E-state index in [0.717, 1.165) is 6.54 Å². The summed E-state index contributed by atoms with van der Waals surface area (Å²) in [6.45, 7) is 16.8. The molecule has 23 heavy (non-hydrogen) atoms. The Morgan fingerprint density at radius 3 is 1.43 bits per heavy atom. The molecule has 0 aliphatic carbocycles. The summed E-state index contributed by atoms with van der Waals surface area (Å²) >= 11 is 0. The van der Waals surface area contributed by atoms with E-state index in [-0.39, 0.29) is 11.6 Å². The lowest BCUT2D eigenvalue weighted by molar-refractivity contribution is -0.0175. The molecule has 0 spiro atoms. The van der Waals surface area contributed by atoms with Crippen LogP contribution in [0.15, 0.2) is 0 Å². The van der Waals surface area contributed by atoms with Gasteiger partial charge in [0.05, 0.1) is 65.6 Å². The molecule has 0 aromatic rings. The van der Waals surface area contributed by atoms with Crippen molar-refractivity contribution in [2.75, 3.05) is 66.0 Å². The summed E-state index contributed by atoms with van der Waals surface area (Å²) in [6, 6.07) is 0. The van der Waals surface area contributed by atoms with Crippen LogP contribution in [0, 0.1) is 0 Å².